The third-order valence-electron chi connectivity index (χ3n) is 2.93. The van der Waals surface area contributed by atoms with Gasteiger partial charge in [0.25, 0.3) is 0 Å². The van der Waals surface area contributed by atoms with Crippen molar-refractivity contribution in [3.8, 4) is 0 Å². The van der Waals surface area contributed by atoms with Crippen molar-refractivity contribution in [3.05, 3.63) is 33.8 Å². The fourth-order valence-corrected chi connectivity index (χ4v) is 2.46. The maximum Gasteiger partial charge on any atom is 0.411 e. The Bertz CT molecular complexity index is 596. The Morgan fingerprint density at radius 2 is 1.78 bits per heavy atom. The number of aliphatic carboxylic acids is 1. The SMILES string of the molecule is CC(C)N(C(=O)OC(C)(C)C)C(C(=O)O)c1cc(Cl)ccc1Cl. The van der Waals surface area contributed by atoms with Crippen molar-refractivity contribution in [2.45, 2.75) is 52.3 Å². The lowest BCUT2D eigenvalue weighted by atomic mass is 10.0. The monoisotopic (exact) mass is 361 g/mol. The summed E-state index contributed by atoms with van der Waals surface area (Å²) in [7, 11) is 0. The summed E-state index contributed by atoms with van der Waals surface area (Å²) in [6.07, 6.45) is -0.726. The Morgan fingerprint density at radius 1 is 1.22 bits per heavy atom. The van der Waals surface area contributed by atoms with Crippen LogP contribution >= 0.6 is 23.2 Å². The smallest absolute Gasteiger partial charge is 0.411 e. The minimum absolute atomic E-state index is 0.219. The zero-order chi connectivity index (χ0) is 17.9. The summed E-state index contributed by atoms with van der Waals surface area (Å²) >= 11 is 12.1. The number of carboxylic acids is 1. The number of ether oxygens (including phenoxy) is 1. The standard InChI is InChI=1S/C16H21Cl2NO4/c1-9(2)19(15(22)23-16(3,4)5)13(14(20)21)11-8-10(17)6-7-12(11)18/h6-9,13H,1-5H3,(H,20,21). The van der Waals surface area contributed by atoms with E-state index in [0.29, 0.717) is 5.02 Å². The molecule has 0 bridgehead atoms. The fraction of sp³-hybridized carbons (Fsp3) is 0.500. The average molecular weight is 362 g/mol. The van der Waals surface area contributed by atoms with Crippen molar-refractivity contribution in [1.82, 2.24) is 4.90 Å². The molecule has 1 aromatic carbocycles. The minimum atomic E-state index is -1.30. The first kappa shape index (κ1) is 19.6. The Morgan fingerprint density at radius 3 is 2.22 bits per heavy atom. The maximum absolute atomic E-state index is 12.5. The molecular formula is C16H21Cl2NO4. The van der Waals surface area contributed by atoms with E-state index in [4.69, 9.17) is 27.9 Å². The summed E-state index contributed by atoms with van der Waals surface area (Å²) in [4.78, 5) is 25.5. The van der Waals surface area contributed by atoms with E-state index in [2.05, 4.69) is 0 Å². The Labute approximate surface area is 146 Å². The topological polar surface area (TPSA) is 66.8 Å². The van der Waals surface area contributed by atoms with Crippen LogP contribution in [0.15, 0.2) is 18.2 Å². The molecule has 7 heteroatoms. The van der Waals surface area contributed by atoms with Crippen molar-refractivity contribution in [1.29, 1.82) is 0 Å². The zero-order valence-electron chi connectivity index (χ0n) is 13.8. The lowest BCUT2D eigenvalue weighted by Crippen LogP contribution is -2.46. The molecule has 128 valence electrons. The van der Waals surface area contributed by atoms with Gasteiger partial charge in [-0.1, -0.05) is 23.2 Å². The first-order chi connectivity index (χ1) is 10.4. The maximum atomic E-state index is 12.5. The normalized spacial score (nSPS) is 12.9. The molecule has 0 saturated carbocycles. The molecule has 0 saturated heterocycles. The van der Waals surface area contributed by atoms with Gasteiger partial charge >= 0.3 is 12.1 Å². The van der Waals surface area contributed by atoms with Gasteiger partial charge in [-0.3, -0.25) is 4.90 Å². The van der Waals surface area contributed by atoms with Gasteiger partial charge in [-0.2, -0.15) is 0 Å². The first-order valence-corrected chi connectivity index (χ1v) is 7.88. The van der Waals surface area contributed by atoms with Gasteiger partial charge < -0.3 is 9.84 Å². The molecule has 1 amide bonds. The molecule has 5 nitrogen and oxygen atoms in total. The lowest BCUT2D eigenvalue weighted by Gasteiger charge is -2.34. The molecule has 0 aliphatic heterocycles. The number of carboxylic acid groups (broad SMARTS) is 1. The van der Waals surface area contributed by atoms with E-state index in [9.17, 15) is 14.7 Å². The van der Waals surface area contributed by atoms with Crippen molar-refractivity contribution < 1.29 is 19.4 Å². The number of rotatable bonds is 4. The highest BCUT2D eigenvalue weighted by atomic mass is 35.5. The van der Waals surface area contributed by atoms with Crippen LogP contribution in [0.5, 0.6) is 0 Å². The number of hydrogen-bond donors (Lipinski definition) is 1. The lowest BCUT2D eigenvalue weighted by molar-refractivity contribution is -0.144. The van der Waals surface area contributed by atoms with E-state index in [1.54, 1.807) is 40.7 Å². The van der Waals surface area contributed by atoms with Crippen LogP contribution in [0.4, 0.5) is 4.79 Å². The Balaban J connectivity index is 3.36. The summed E-state index contributed by atoms with van der Waals surface area (Å²) in [6.45, 7) is 8.55. The molecule has 0 fully saturated rings. The van der Waals surface area contributed by atoms with Gasteiger partial charge in [0, 0.05) is 21.7 Å². The molecule has 0 radical (unpaired) electrons. The van der Waals surface area contributed by atoms with E-state index in [-0.39, 0.29) is 10.6 Å². The predicted molar refractivity (Wildman–Crippen MR) is 90.0 cm³/mol. The van der Waals surface area contributed by atoms with Crippen LogP contribution in [0.1, 0.15) is 46.2 Å². The van der Waals surface area contributed by atoms with Crippen LogP contribution in [0.2, 0.25) is 10.0 Å². The summed E-state index contributed by atoms with van der Waals surface area (Å²) in [5.41, 5.74) is -0.503. The summed E-state index contributed by atoms with van der Waals surface area (Å²) in [5, 5.41) is 10.2. The molecule has 1 N–H and O–H groups in total. The molecule has 0 aliphatic rings. The van der Waals surface area contributed by atoms with Gasteiger partial charge in [0.1, 0.15) is 5.60 Å². The van der Waals surface area contributed by atoms with Gasteiger partial charge in [0.2, 0.25) is 0 Å². The van der Waals surface area contributed by atoms with Crippen molar-refractivity contribution >= 4 is 35.3 Å². The Hall–Kier alpha value is -1.46. The van der Waals surface area contributed by atoms with Gasteiger partial charge in [0.15, 0.2) is 6.04 Å². The highest BCUT2D eigenvalue weighted by molar-refractivity contribution is 6.33. The van der Waals surface area contributed by atoms with E-state index in [1.807, 2.05) is 0 Å². The molecule has 0 aromatic heterocycles. The van der Waals surface area contributed by atoms with Crippen molar-refractivity contribution in [2.24, 2.45) is 0 Å². The number of benzene rings is 1. The van der Waals surface area contributed by atoms with E-state index < -0.39 is 29.7 Å². The van der Waals surface area contributed by atoms with Crippen molar-refractivity contribution in [3.63, 3.8) is 0 Å². The minimum Gasteiger partial charge on any atom is -0.479 e. The average Bonchev–Trinajstić information content (AvgIpc) is 2.35. The van der Waals surface area contributed by atoms with Crippen LogP contribution in [-0.2, 0) is 9.53 Å². The fourth-order valence-electron chi connectivity index (χ4n) is 2.06. The molecular weight excluding hydrogens is 341 g/mol. The van der Waals surface area contributed by atoms with E-state index in [1.165, 1.54) is 12.1 Å². The second-order valence-corrected chi connectivity index (χ2v) is 7.23. The highest BCUT2D eigenvalue weighted by Gasteiger charge is 2.37. The number of nitrogens with zero attached hydrogens (tertiary/aromatic N) is 1. The second kappa shape index (κ2) is 7.41. The molecule has 1 rings (SSSR count). The van der Waals surface area contributed by atoms with Crippen LogP contribution in [0, 0.1) is 0 Å². The number of hydrogen-bond acceptors (Lipinski definition) is 3. The molecule has 1 unspecified atom stereocenters. The molecule has 0 spiro atoms. The van der Waals surface area contributed by atoms with Crippen LogP contribution in [0.25, 0.3) is 0 Å². The summed E-state index contributed by atoms with van der Waals surface area (Å²) in [5.74, 6) is -1.21. The number of amides is 1. The number of carbonyl (C=O) groups excluding carboxylic acids is 1. The Kier molecular flexibility index (Phi) is 6.31. The van der Waals surface area contributed by atoms with Gasteiger partial charge in [0.05, 0.1) is 0 Å². The first-order valence-electron chi connectivity index (χ1n) is 7.13. The van der Waals surface area contributed by atoms with E-state index in [0.717, 1.165) is 4.90 Å². The highest BCUT2D eigenvalue weighted by Crippen LogP contribution is 2.32. The summed E-state index contributed by atoms with van der Waals surface area (Å²) in [6, 6.07) is 2.79. The number of carbonyl (C=O) groups is 2. The molecule has 0 aliphatic carbocycles. The third kappa shape index (κ3) is 5.29. The predicted octanol–water partition coefficient (Wildman–Crippen LogP) is 4.76. The largest absolute Gasteiger partial charge is 0.479 e. The third-order valence-corrected chi connectivity index (χ3v) is 3.50. The second-order valence-electron chi connectivity index (χ2n) is 6.39. The number of halogens is 2. The summed E-state index contributed by atoms with van der Waals surface area (Å²) < 4.78 is 5.33. The molecule has 1 aromatic rings. The molecule has 23 heavy (non-hydrogen) atoms. The van der Waals surface area contributed by atoms with Gasteiger partial charge in [-0.05, 0) is 52.8 Å². The van der Waals surface area contributed by atoms with Crippen LogP contribution in [0.3, 0.4) is 0 Å². The van der Waals surface area contributed by atoms with Crippen LogP contribution < -0.4 is 0 Å². The van der Waals surface area contributed by atoms with Crippen molar-refractivity contribution in [2.75, 3.05) is 0 Å². The van der Waals surface area contributed by atoms with Gasteiger partial charge in [-0.15, -0.1) is 0 Å². The molecule has 1 atom stereocenters. The van der Waals surface area contributed by atoms with Crippen LogP contribution in [-0.4, -0.2) is 33.7 Å². The zero-order valence-corrected chi connectivity index (χ0v) is 15.3. The van der Waals surface area contributed by atoms with Gasteiger partial charge in [-0.25, -0.2) is 9.59 Å². The quantitative estimate of drug-likeness (QED) is 0.838. The molecule has 0 heterocycles. The van der Waals surface area contributed by atoms with E-state index >= 15 is 0 Å².